The first-order valence-corrected chi connectivity index (χ1v) is 6.96. The van der Waals surface area contributed by atoms with E-state index in [1.807, 2.05) is 0 Å². The predicted molar refractivity (Wildman–Crippen MR) is 79.0 cm³/mol. The minimum atomic E-state index is 0.394. The first-order chi connectivity index (χ1) is 8.70. The number of rotatable bonds is 6. The highest BCUT2D eigenvalue weighted by Crippen LogP contribution is 2.20. The van der Waals surface area contributed by atoms with E-state index in [9.17, 15) is 0 Å². The first-order valence-electron chi connectivity index (χ1n) is 6.17. The molecule has 0 aliphatic carbocycles. The van der Waals surface area contributed by atoms with Crippen LogP contribution in [0.15, 0.2) is 34.9 Å². The number of halogens is 1. The van der Waals surface area contributed by atoms with E-state index in [-0.39, 0.29) is 0 Å². The second-order valence-corrected chi connectivity index (χ2v) is 5.44. The highest BCUT2D eigenvalue weighted by Gasteiger charge is 2.03. The van der Waals surface area contributed by atoms with Crippen LogP contribution >= 0.6 is 15.9 Å². The molecule has 0 bridgehead atoms. The van der Waals surface area contributed by atoms with Gasteiger partial charge in [0.25, 0.3) is 0 Å². The van der Waals surface area contributed by atoms with Crippen LogP contribution < -0.4 is 5.32 Å². The molecule has 0 fully saturated rings. The molecule has 1 atom stereocenters. The van der Waals surface area contributed by atoms with E-state index in [0.717, 1.165) is 24.2 Å². The Balaban J connectivity index is 1.96. The van der Waals surface area contributed by atoms with E-state index in [1.165, 1.54) is 10.9 Å². The molecule has 1 N–H and O–H groups in total. The standard InChI is InChI=1S/C14H19BrN2O/c1-11(10-18-2)16-6-8-17-7-5-12-9-13(15)3-4-14(12)17/h3-5,7,9,11,16H,6,8,10H2,1-2H3. The van der Waals surface area contributed by atoms with Crippen LogP contribution in [0.1, 0.15) is 6.92 Å². The van der Waals surface area contributed by atoms with Crippen LogP contribution in [-0.2, 0) is 11.3 Å². The maximum atomic E-state index is 5.10. The fourth-order valence-electron chi connectivity index (χ4n) is 2.11. The number of ether oxygens (including phenoxy) is 1. The molecule has 0 saturated heterocycles. The van der Waals surface area contributed by atoms with Gasteiger partial charge in [-0.25, -0.2) is 0 Å². The molecule has 0 spiro atoms. The van der Waals surface area contributed by atoms with Gasteiger partial charge >= 0.3 is 0 Å². The highest BCUT2D eigenvalue weighted by molar-refractivity contribution is 9.10. The summed E-state index contributed by atoms with van der Waals surface area (Å²) in [6.07, 6.45) is 2.14. The molecule has 1 unspecified atom stereocenters. The van der Waals surface area contributed by atoms with E-state index >= 15 is 0 Å². The van der Waals surface area contributed by atoms with Crippen molar-refractivity contribution >= 4 is 26.8 Å². The average Bonchev–Trinajstić information content (AvgIpc) is 2.72. The number of nitrogens with zero attached hydrogens (tertiary/aromatic N) is 1. The number of aromatic nitrogens is 1. The largest absolute Gasteiger partial charge is 0.383 e. The normalized spacial score (nSPS) is 13.1. The van der Waals surface area contributed by atoms with Crippen LogP contribution in [0.4, 0.5) is 0 Å². The molecule has 4 heteroatoms. The van der Waals surface area contributed by atoms with Gasteiger partial charge in [-0.15, -0.1) is 0 Å². The fourth-order valence-corrected chi connectivity index (χ4v) is 2.49. The molecule has 0 aliphatic heterocycles. The maximum Gasteiger partial charge on any atom is 0.0613 e. The van der Waals surface area contributed by atoms with Crippen molar-refractivity contribution in [3.63, 3.8) is 0 Å². The Labute approximate surface area is 116 Å². The molecular formula is C14H19BrN2O. The van der Waals surface area contributed by atoms with Gasteiger partial charge in [0.05, 0.1) is 6.61 Å². The van der Waals surface area contributed by atoms with Crippen molar-refractivity contribution in [2.45, 2.75) is 19.5 Å². The van der Waals surface area contributed by atoms with Crippen LogP contribution in [0.25, 0.3) is 10.9 Å². The zero-order valence-electron chi connectivity index (χ0n) is 10.8. The number of nitrogens with one attached hydrogen (secondary N) is 1. The molecule has 1 heterocycles. The number of methoxy groups -OCH3 is 1. The van der Waals surface area contributed by atoms with Gasteiger partial charge in [0.15, 0.2) is 0 Å². The van der Waals surface area contributed by atoms with Gasteiger partial charge in [-0.1, -0.05) is 15.9 Å². The smallest absolute Gasteiger partial charge is 0.0613 e. The van der Waals surface area contributed by atoms with Crippen molar-refractivity contribution in [3.05, 3.63) is 34.9 Å². The van der Waals surface area contributed by atoms with Gasteiger partial charge in [-0.05, 0) is 31.2 Å². The summed E-state index contributed by atoms with van der Waals surface area (Å²) < 4.78 is 8.50. The molecule has 2 rings (SSSR count). The fraction of sp³-hybridized carbons (Fsp3) is 0.429. The zero-order valence-corrected chi connectivity index (χ0v) is 12.4. The summed E-state index contributed by atoms with van der Waals surface area (Å²) in [5.74, 6) is 0. The van der Waals surface area contributed by atoms with Crippen molar-refractivity contribution < 1.29 is 4.74 Å². The quantitative estimate of drug-likeness (QED) is 0.887. The van der Waals surface area contributed by atoms with Crippen LogP contribution in [0.3, 0.4) is 0 Å². The van der Waals surface area contributed by atoms with Gasteiger partial charge in [0.2, 0.25) is 0 Å². The van der Waals surface area contributed by atoms with Gasteiger partial charge in [-0.3, -0.25) is 0 Å². The van der Waals surface area contributed by atoms with Gasteiger partial charge < -0.3 is 14.6 Å². The minimum Gasteiger partial charge on any atom is -0.383 e. The van der Waals surface area contributed by atoms with Crippen molar-refractivity contribution in [1.82, 2.24) is 9.88 Å². The Hall–Kier alpha value is -0.840. The molecule has 18 heavy (non-hydrogen) atoms. The summed E-state index contributed by atoms with van der Waals surface area (Å²) in [4.78, 5) is 0. The van der Waals surface area contributed by atoms with Gasteiger partial charge in [0, 0.05) is 47.8 Å². The minimum absolute atomic E-state index is 0.394. The van der Waals surface area contributed by atoms with Crippen molar-refractivity contribution in [2.75, 3.05) is 20.3 Å². The Bertz CT molecular complexity index is 509. The summed E-state index contributed by atoms with van der Waals surface area (Å²) in [5.41, 5.74) is 1.28. The third-order valence-corrected chi connectivity index (χ3v) is 3.49. The summed E-state index contributed by atoms with van der Waals surface area (Å²) in [6, 6.07) is 8.93. The van der Waals surface area contributed by atoms with Crippen molar-refractivity contribution in [3.8, 4) is 0 Å². The van der Waals surface area contributed by atoms with Crippen molar-refractivity contribution in [2.24, 2.45) is 0 Å². The highest BCUT2D eigenvalue weighted by atomic mass is 79.9. The van der Waals surface area contributed by atoms with Crippen LogP contribution in [0.2, 0.25) is 0 Å². The van der Waals surface area contributed by atoms with Crippen LogP contribution in [0.5, 0.6) is 0 Å². The van der Waals surface area contributed by atoms with E-state index in [2.05, 4.69) is 63.2 Å². The SMILES string of the molecule is COCC(C)NCCn1ccc2cc(Br)ccc21. The summed E-state index contributed by atoms with van der Waals surface area (Å²) in [7, 11) is 1.73. The Kier molecular flexibility index (Phi) is 4.80. The summed E-state index contributed by atoms with van der Waals surface area (Å²) in [5, 5.41) is 4.72. The number of hydrogen-bond acceptors (Lipinski definition) is 2. The zero-order chi connectivity index (χ0) is 13.0. The molecule has 1 aromatic heterocycles. The third kappa shape index (κ3) is 3.34. The molecule has 3 nitrogen and oxygen atoms in total. The first kappa shape index (κ1) is 13.6. The van der Waals surface area contributed by atoms with E-state index in [4.69, 9.17) is 4.74 Å². The average molecular weight is 311 g/mol. The molecular weight excluding hydrogens is 292 g/mol. The molecule has 0 saturated carbocycles. The molecule has 2 aromatic rings. The lowest BCUT2D eigenvalue weighted by Crippen LogP contribution is -2.32. The Morgan fingerprint density at radius 1 is 1.39 bits per heavy atom. The van der Waals surface area contributed by atoms with Gasteiger partial charge in [-0.2, -0.15) is 0 Å². The monoisotopic (exact) mass is 310 g/mol. The molecule has 98 valence electrons. The van der Waals surface area contributed by atoms with E-state index < -0.39 is 0 Å². The van der Waals surface area contributed by atoms with Crippen LogP contribution in [-0.4, -0.2) is 30.9 Å². The van der Waals surface area contributed by atoms with Crippen LogP contribution in [0, 0.1) is 0 Å². The lowest BCUT2D eigenvalue weighted by Gasteiger charge is -2.13. The molecule has 0 aliphatic rings. The summed E-state index contributed by atoms with van der Waals surface area (Å²) in [6.45, 7) is 4.80. The van der Waals surface area contributed by atoms with E-state index in [1.54, 1.807) is 7.11 Å². The summed E-state index contributed by atoms with van der Waals surface area (Å²) >= 11 is 3.50. The predicted octanol–water partition coefficient (Wildman–Crippen LogP) is 3.03. The number of benzene rings is 1. The number of hydrogen-bond donors (Lipinski definition) is 1. The Morgan fingerprint density at radius 2 is 2.22 bits per heavy atom. The van der Waals surface area contributed by atoms with E-state index in [0.29, 0.717) is 6.04 Å². The molecule has 0 amide bonds. The van der Waals surface area contributed by atoms with Crippen molar-refractivity contribution in [1.29, 1.82) is 0 Å². The molecule has 0 radical (unpaired) electrons. The lowest BCUT2D eigenvalue weighted by molar-refractivity contribution is 0.172. The number of fused-ring (bicyclic) bond motifs is 1. The van der Waals surface area contributed by atoms with Gasteiger partial charge in [0.1, 0.15) is 0 Å². The second-order valence-electron chi connectivity index (χ2n) is 4.52. The lowest BCUT2D eigenvalue weighted by atomic mass is 10.2. The topological polar surface area (TPSA) is 26.2 Å². The Morgan fingerprint density at radius 3 is 3.00 bits per heavy atom. The maximum absolute atomic E-state index is 5.10. The molecule has 1 aromatic carbocycles. The second kappa shape index (κ2) is 6.36. The third-order valence-electron chi connectivity index (χ3n) is 3.00.